The number of benzene rings is 1. The van der Waals surface area contributed by atoms with Crippen LogP contribution in [-0.2, 0) is 9.59 Å². The second-order valence-electron chi connectivity index (χ2n) is 3.82. The highest BCUT2D eigenvalue weighted by Gasteiger charge is 2.15. The van der Waals surface area contributed by atoms with E-state index in [-0.39, 0.29) is 6.42 Å². The van der Waals surface area contributed by atoms with Crippen LogP contribution in [0.4, 0.5) is 0 Å². The van der Waals surface area contributed by atoms with Crippen molar-refractivity contribution in [3.63, 3.8) is 0 Å². The molecule has 1 aromatic carbocycles. The first-order chi connectivity index (χ1) is 8.09. The van der Waals surface area contributed by atoms with Crippen molar-refractivity contribution in [3.05, 3.63) is 42.0 Å². The van der Waals surface area contributed by atoms with Crippen LogP contribution in [0.3, 0.4) is 0 Å². The topological polar surface area (TPSA) is 86.2 Å². The van der Waals surface area contributed by atoms with Gasteiger partial charge in [-0.3, -0.25) is 9.59 Å². The van der Waals surface area contributed by atoms with Gasteiger partial charge in [0.1, 0.15) is 0 Å². The molecule has 0 saturated carbocycles. The molecule has 0 bridgehead atoms. The summed E-state index contributed by atoms with van der Waals surface area (Å²) in [5.41, 5.74) is 11.3. The molecular weight excluding hydrogens is 216 g/mol. The molecule has 2 amide bonds. The van der Waals surface area contributed by atoms with E-state index in [9.17, 15) is 9.59 Å². The molecule has 0 aliphatic carbocycles. The molecule has 0 aliphatic rings. The lowest BCUT2D eigenvalue weighted by atomic mass is 9.99. The lowest BCUT2D eigenvalue weighted by Crippen LogP contribution is -2.27. The first-order valence-corrected chi connectivity index (χ1v) is 5.39. The van der Waals surface area contributed by atoms with Crippen molar-refractivity contribution in [2.24, 2.45) is 17.4 Å². The molecule has 1 aromatic rings. The Morgan fingerprint density at radius 1 is 1.18 bits per heavy atom. The number of hydrogen-bond donors (Lipinski definition) is 2. The summed E-state index contributed by atoms with van der Waals surface area (Å²) in [6, 6.07) is 9.67. The zero-order valence-corrected chi connectivity index (χ0v) is 9.50. The van der Waals surface area contributed by atoms with Gasteiger partial charge in [0, 0.05) is 12.3 Å². The molecule has 0 radical (unpaired) electrons. The molecule has 0 aromatic heterocycles. The van der Waals surface area contributed by atoms with E-state index in [1.807, 2.05) is 42.5 Å². The van der Waals surface area contributed by atoms with Crippen molar-refractivity contribution >= 4 is 17.9 Å². The predicted molar refractivity (Wildman–Crippen MR) is 66.6 cm³/mol. The molecule has 1 unspecified atom stereocenters. The van der Waals surface area contributed by atoms with Crippen molar-refractivity contribution in [2.45, 2.75) is 12.8 Å². The van der Waals surface area contributed by atoms with E-state index in [2.05, 4.69) is 0 Å². The lowest BCUT2D eigenvalue weighted by molar-refractivity contribution is -0.126. The zero-order valence-electron chi connectivity index (χ0n) is 9.50. The van der Waals surface area contributed by atoms with E-state index in [4.69, 9.17) is 11.5 Å². The summed E-state index contributed by atoms with van der Waals surface area (Å²) < 4.78 is 0. The Labute approximate surface area is 100 Å². The number of nitrogens with two attached hydrogens (primary N) is 2. The first-order valence-electron chi connectivity index (χ1n) is 5.39. The van der Waals surface area contributed by atoms with Gasteiger partial charge >= 0.3 is 0 Å². The molecule has 1 atom stereocenters. The van der Waals surface area contributed by atoms with E-state index in [1.165, 1.54) is 0 Å². The fraction of sp³-hybridized carbons (Fsp3) is 0.231. The van der Waals surface area contributed by atoms with E-state index >= 15 is 0 Å². The minimum Gasteiger partial charge on any atom is -0.370 e. The molecule has 90 valence electrons. The van der Waals surface area contributed by atoms with Crippen LogP contribution >= 0.6 is 0 Å². The highest BCUT2D eigenvalue weighted by atomic mass is 16.2. The number of hydrogen-bond acceptors (Lipinski definition) is 2. The van der Waals surface area contributed by atoms with Crippen molar-refractivity contribution in [1.82, 2.24) is 0 Å². The summed E-state index contributed by atoms with van der Waals surface area (Å²) >= 11 is 0. The molecule has 4 N–H and O–H groups in total. The van der Waals surface area contributed by atoms with Crippen molar-refractivity contribution in [2.75, 3.05) is 0 Å². The van der Waals surface area contributed by atoms with E-state index in [0.717, 1.165) is 5.56 Å². The number of carbonyl (C=O) groups is 2. The van der Waals surface area contributed by atoms with Crippen LogP contribution in [0.25, 0.3) is 6.08 Å². The van der Waals surface area contributed by atoms with E-state index in [1.54, 1.807) is 0 Å². The fourth-order valence-electron chi connectivity index (χ4n) is 1.48. The van der Waals surface area contributed by atoms with Crippen LogP contribution in [-0.4, -0.2) is 11.8 Å². The molecular formula is C13H16N2O2. The van der Waals surface area contributed by atoms with Crippen LogP contribution in [0.15, 0.2) is 36.4 Å². The maximum absolute atomic E-state index is 11.1. The normalized spacial score (nSPS) is 12.5. The fourth-order valence-corrected chi connectivity index (χ4v) is 1.48. The number of allylic oxidation sites excluding steroid dienone is 1. The van der Waals surface area contributed by atoms with Gasteiger partial charge in [-0.05, 0) is 12.0 Å². The summed E-state index contributed by atoms with van der Waals surface area (Å²) in [5, 5.41) is 0. The van der Waals surface area contributed by atoms with Crippen molar-refractivity contribution in [1.29, 1.82) is 0 Å². The summed E-state index contributed by atoms with van der Waals surface area (Å²) in [4.78, 5) is 21.8. The Bertz CT molecular complexity index is 413. The van der Waals surface area contributed by atoms with E-state index in [0.29, 0.717) is 6.42 Å². The summed E-state index contributed by atoms with van der Waals surface area (Å²) in [6.45, 7) is 0. The molecule has 4 nitrogen and oxygen atoms in total. The summed E-state index contributed by atoms with van der Waals surface area (Å²) in [5.74, 6) is -1.53. The average Bonchev–Trinajstić information content (AvgIpc) is 2.28. The van der Waals surface area contributed by atoms with Crippen molar-refractivity contribution < 1.29 is 9.59 Å². The van der Waals surface area contributed by atoms with Crippen LogP contribution < -0.4 is 11.5 Å². The summed E-state index contributed by atoms with van der Waals surface area (Å²) in [6.07, 6.45) is 4.13. The van der Waals surface area contributed by atoms with Crippen LogP contribution in [0.5, 0.6) is 0 Å². The Balaban J connectivity index is 2.55. The van der Waals surface area contributed by atoms with Crippen LogP contribution in [0.1, 0.15) is 18.4 Å². The molecule has 0 aliphatic heterocycles. The Morgan fingerprint density at radius 3 is 2.35 bits per heavy atom. The average molecular weight is 232 g/mol. The second-order valence-corrected chi connectivity index (χ2v) is 3.82. The highest BCUT2D eigenvalue weighted by molar-refractivity contribution is 5.84. The Kier molecular flexibility index (Phi) is 4.94. The Morgan fingerprint density at radius 2 is 1.82 bits per heavy atom. The molecule has 4 heteroatoms. The molecule has 0 spiro atoms. The maximum atomic E-state index is 11.1. The van der Waals surface area contributed by atoms with Gasteiger partial charge in [0.05, 0.1) is 0 Å². The second kappa shape index (κ2) is 6.48. The van der Waals surface area contributed by atoms with Gasteiger partial charge in [-0.15, -0.1) is 0 Å². The standard InChI is InChI=1S/C13H16N2O2/c14-12(16)9-11(13(15)17)8-4-7-10-5-2-1-3-6-10/h1-7,11H,8-9H2,(H2,14,16)(H2,15,17). The third-order valence-corrected chi connectivity index (χ3v) is 2.38. The Hall–Kier alpha value is -2.10. The van der Waals surface area contributed by atoms with Gasteiger partial charge in [0.15, 0.2) is 0 Å². The number of primary amides is 2. The van der Waals surface area contributed by atoms with Crippen LogP contribution in [0.2, 0.25) is 0 Å². The molecule has 0 heterocycles. The lowest BCUT2D eigenvalue weighted by Gasteiger charge is -2.07. The smallest absolute Gasteiger partial charge is 0.221 e. The van der Waals surface area contributed by atoms with Crippen molar-refractivity contribution in [3.8, 4) is 0 Å². The minimum atomic E-state index is -0.521. The number of rotatable bonds is 6. The van der Waals surface area contributed by atoms with E-state index < -0.39 is 17.7 Å². The third kappa shape index (κ3) is 4.97. The molecule has 0 saturated heterocycles. The zero-order chi connectivity index (χ0) is 12.7. The van der Waals surface area contributed by atoms with Gasteiger partial charge in [-0.25, -0.2) is 0 Å². The van der Waals surface area contributed by atoms with Gasteiger partial charge in [0.25, 0.3) is 0 Å². The maximum Gasteiger partial charge on any atom is 0.221 e. The SMILES string of the molecule is NC(=O)CC(CC=Cc1ccccc1)C(N)=O. The van der Waals surface area contributed by atoms with Gasteiger partial charge in [0.2, 0.25) is 11.8 Å². The molecule has 0 fully saturated rings. The highest BCUT2D eigenvalue weighted by Crippen LogP contribution is 2.10. The minimum absolute atomic E-state index is 0.00549. The first kappa shape index (κ1) is 13.0. The predicted octanol–water partition coefficient (Wildman–Crippen LogP) is 1.07. The summed E-state index contributed by atoms with van der Waals surface area (Å²) in [7, 11) is 0. The van der Waals surface area contributed by atoms with Gasteiger partial charge in [-0.1, -0.05) is 42.5 Å². The van der Waals surface area contributed by atoms with Gasteiger partial charge < -0.3 is 11.5 Å². The quantitative estimate of drug-likeness (QED) is 0.768. The molecule has 1 rings (SSSR count). The molecule has 17 heavy (non-hydrogen) atoms. The van der Waals surface area contributed by atoms with Gasteiger partial charge in [-0.2, -0.15) is 0 Å². The largest absolute Gasteiger partial charge is 0.370 e. The van der Waals surface area contributed by atoms with Crippen LogP contribution in [0, 0.1) is 5.92 Å². The monoisotopic (exact) mass is 232 g/mol. The number of carbonyl (C=O) groups excluding carboxylic acids is 2. The third-order valence-electron chi connectivity index (χ3n) is 2.38. The number of amides is 2.